The molecule has 0 saturated carbocycles. The molecule has 1 aliphatic heterocycles. The van der Waals surface area contributed by atoms with Gasteiger partial charge in [0.15, 0.2) is 0 Å². The standard InChI is InChI=1S/C24H30N2O3/c1-20(19-29-24(28)25-15-8-13-23(27)14-16-25)26(17-21-9-4-2-5-10-21)18-22-11-6-3-7-12-22/h2-7,9-12,20H,8,13-19H2,1H3. The largest absolute Gasteiger partial charge is 0.448 e. The van der Waals surface area contributed by atoms with Gasteiger partial charge in [-0.3, -0.25) is 9.69 Å². The van der Waals surface area contributed by atoms with Crippen molar-refractivity contribution in [3.8, 4) is 0 Å². The molecule has 0 aliphatic carbocycles. The van der Waals surface area contributed by atoms with Gasteiger partial charge in [-0.25, -0.2) is 4.79 Å². The number of hydrogen-bond donors (Lipinski definition) is 0. The molecule has 1 aliphatic rings. The first-order chi connectivity index (χ1) is 14.1. The Bertz CT molecular complexity index is 738. The number of carbonyl (C=O) groups excluding carboxylic acids is 2. The molecule has 0 bridgehead atoms. The van der Waals surface area contributed by atoms with Crippen LogP contribution in [0.5, 0.6) is 0 Å². The molecule has 1 unspecified atom stereocenters. The van der Waals surface area contributed by atoms with Crippen molar-refractivity contribution >= 4 is 11.9 Å². The van der Waals surface area contributed by atoms with Crippen LogP contribution in [-0.2, 0) is 22.6 Å². The highest BCUT2D eigenvalue weighted by atomic mass is 16.6. The van der Waals surface area contributed by atoms with Gasteiger partial charge in [-0.15, -0.1) is 0 Å². The Morgan fingerprint density at radius 3 is 2.14 bits per heavy atom. The molecule has 1 heterocycles. The highest BCUT2D eigenvalue weighted by Gasteiger charge is 2.22. The Kier molecular flexibility index (Phi) is 7.82. The lowest BCUT2D eigenvalue weighted by molar-refractivity contribution is -0.118. The van der Waals surface area contributed by atoms with Gasteiger partial charge >= 0.3 is 6.09 Å². The summed E-state index contributed by atoms with van der Waals surface area (Å²) in [5.41, 5.74) is 2.46. The molecule has 0 N–H and O–H groups in total. The first-order valence-corrected chi connectivity index (χ1v) is 10.4. The monoisotopic (exact) mass is 394 g/mol. The average Bonchev–Trinajstić information content (AvgIpc) is 2.97. The van der Waals surface area contributed by atoms with E-state index < -0.39 is 0 Å². The predicted molar refractivity (Wildman–Crippen MR) is 113 cm³/mol. The maximum Gasteiger partial charge on any atom is 0.409 e. The summed E-state index contributed by atoms with van der Waals surface area (Å²) in [5, 5.41) is 0. The number of rotatable bonds is 7. The summed E-state index contributed by atoms with van der Waals surface area (Å²) >= 11 is 0. The quantitative estimate of drug-likeness (QED) is 0.704. The number of Topliss-reactive ketones (excluding diaryl/α,β-unsaturated/α-hetero) is 1. The van der Waals surface area contributed by atoms with Crippen LogP contribution in [0.2, 0.25) is 0 Å². The van der Waals surface area contributed by atoms with Crippen molar-refractivity contribution in [2.24, 2.45) is 0 Å². The van der Waals surface area contributed by atoms with E-state index in [1.165, 1.54) is 11.1 Å². The Morgan fingerprint density at radius 2 is 1.55 bits per heavy atom. The summed E-state index contributed by atoms with van der Waals surface area (Å²) in [6, 6.07) is 20.7. The molecule has 1 fully saturated rings. The molecule has 29 heavy (non-hydrogen) atoms. The van der Waals surface area contributed by atoms with Crippen molar-refractivity contribution in [3.05, 3.63) is 71.8 Å². The second-order valence-electron chi connectivity index (χ2n) is 7.68. The number of likely N-dealkylation sites (tertiary alicyclic amines) is 1. The van der Waals surface area contributed by atoms with E-state index in [-0.39, 0.29) is 17.9 Å². The van der Waals surface area contributed by atoms with Gasteiger partial charge in [0.1, 0.15) is 12.4 Å². The first kappa shape index (κ1) is 21.1. The second-order valence-corrected chi connectivity index (χ2v) is 7.68. The molecule has 1 amide bonds. The van der Waals surface area contributed by atoms with Gasteiger partial charge in [0.05, 0.1) is 0 Å². The summed E-state index contributed by atoms with van der Waals surface area (Å²) in [5.74, 6) is 0.227. The fraction of sp³-hybridized carbons (Fsp3) is 0.417. The molecule has 0 aromatic heterocycles. The number of ketones is 1. The van der Waals surface area contributed by atoms with Crippen molar-refractivity contribution < 1.29 is 14.3 Å². The van der Waals surface area contributed by atoms with E-state index in [0.29, 0.717) is 32.5 Å². The van der Waals surface area contributed by atoms with Crippen molar-refractivity contribution in [3.63, 3.8) is 0 Å². The third-order valence-electron chi connectivity index (χ3n) is 5.33. The molecular formula is C24H30N2O3. The van der Waals surface area contributed by atoms with E-state index in [4.69, 9.17) is 4.74 Å². The van der Waals surface area contributed by atoms with Crippen LogP contribution in [0.15, 0.2) is 60.7 Å². The van der Waals surface area contributed by atoms with Gasteiger partial charge in [-0.2, -0.15) is 0 Å². The van der Waals surface area contributed by atoms with Crippen molar-refractivity contribution in [2.45, 2.75) is 45.3 Å². The summed E-state index contributed by atoms with van der Waals surface area (Å²) in [6.45, 7) is 5.04. The molecular weight excluding hydrogens is 364 g/mol. The zero-order valence-electron chi connectivity index (χ0n) is 17.1. The van der Waals surface area contributed by atoms with Gasteiger partial charge in [0.2, 0.25) is 0 Å². The molecule has 2 aromatic carbocycles. The van der Waals surface area contributed by atoms with Crippen molar-refractivity contribution in [1.29, 1.82) is 0 Å². The van der Waals surface area contributed by atoms with Crippen molar-refractivity contribution in [1.82, 2.24) is 9.80 Å². The average molecular weight is 395 g/mol. The van der Waals surface area contributed by atoms with E-state index >= 15 is 0 Å². The third kappa shape index (κ3) is 6.71. The maximum absolute atomic E-state index is 12.5. The molecule has 1 atom stereocenters. The number of benzene rings is 2. The summed E-state index contributed by atoms with van der Waals surface area (Å²) in [7, 11) is 0. The van der Waals surface area contributed by atoms with Gasteiger partial charge in [-0.05, 0) is 24.5 Å². The number of amides is 1. The Morgan fingerprint density at radius 1 is 0.966 bits per heavy atom. The minimum absolute atomic E-state index is 0.0629. The van der Waals surface area contributed by atoms with E-state index in [9.17, 15) is 9.59 Å². The molecule has 0 radical (unpaired) electrons. The van der Waals surface area contributed by atoms with Crippen LogP contribution in [0.1, 0.15) is 37.3 Å². The van der Waals surface area contributed by atoms with Gasteiger partial charge in [0, 0.05) is 45.1 Å². The smallest absolute Gasteiger partial charge is 0.409 e. The lowest BCUT2D eigenvalue weighted by Gasteiger charge is -2.30. The molecule has 5 heteroatoms. The minimum atomic E-state index is -0.314. The van der Waals surface area contributed by atoms with E-state index in [0.717, 1.165) is 19.5 Å². The van der Waals surface area contributed by atoms with Crippen LogP contribution in [0, 0.1) is 0 Å². The number of nitrogens with zero attached hydrogens (tertiary/aromatic N) is 2. The van der Waals surface area contributed by atoms with Crippen LogP contribution in [0.3, 0.4) is 0 Å². The van der Waals surface area contributed by atoms with Gasteiger partial charge in [-0.1, -0.05) is 60.7 Å². The molecule has 0 spiro atoms. The number of ether oxygens (including phenoxy) is 1. The maximum atomic E-state index is 12.5. The lowest BCUT2D eigenvalue weighted by Crippen LogP contribution is -2.39. The topological polar surface area (TPSA) is 49.9 Å². The van der Waals surface area contributed by atoms with Crippen LogP contribution in [-0.4, -0.2) is 47.4 Å². The highest BCUT2D eigenvalue weighted by molar-refractivity contribution is 5.79. The van der Waals surface area contributed by atoms with Crippen molar-refractivity contribution in [2.75, 3.05) is 19.7 Å². The minimum Gasteiger partial charge on any atom is -0.448 e. The van der Waals surface area contributed by atoms with E-state index in [1.54, 1.807) is 4.90 Å². The molecule has 154 valence electrons. The second kappa shape index (κ2) is 10.8. The summed E-state index contributed by atoms with van der Waals surface area (Å²) < 4.78 is 5.62. The van der Waals surface area contributed by atoms with Crippen LogP contribution in [0.25, 0.3) is 0 Å². The zero-order chi connectivity index (χ0) is 20.5. The normalized spacial score (nSPS) is 15.8. The molecule has 1 saturated heterocycles. The Labute approximate surface area is 173 Å². The Hall–Kier alpha value is -2.66. The Balaban J connectivity index is 1.60. The third-order valence-corrected chi connectivity index (χ3v) is 5.33. The van der Waals surface area contributed by atoms with Crippen LogP contribution >= 0.6 is 0 Å². The zero-order valence-corrected chi connectivity index (χ0v) is 17.1. The van der Waals surface area contributed by atoms with Crippen LogP contribution in [0.4, 0.5) is 4.79 Å². The summed E-state index contributed by atoms with van der Waals surface area (Å²) in [4.78, 5) is 28.0. The summed E-state index contributed by atoms with van der Waals surface area (Å²) in [6.07, 6.45) is 1.39. The first-order valence-electron chi connectivity index (χ1n) is 10.4. The van der Waals surface area contributed by atoms with Gasteiger partial charge < -0.3 is 9.64 Å². The fourth-order valence-electron chi connectivity index (χ4n) is 3.54. The molecule has 5 nitrogen and oxygen atoms in total. The fourth-order valence-corrected chi connectivity index (χ4v) is 3.54. The van der Waals surface area contributed by atoms with Gasteiger partial charge in [0.25, 0.3) is 0 Å². The van der Waals surface area contributed by atoms with Crippen LogP contribution < -0.4 is 0 Å². The number of hydrogen-bond acceptors (Lipinski definition) is 4. The predicted octanol–water partition coefficient (Wildman–Crippen LogP) is 4.27. The van der Waals surface area contributed by atoms with E-state index in [1.807, 2.05) is 36.4 Å². The lowest BCUT2D eigenvalue weighted by atomic mass is 10.1. The molecule has 3 rings (SSSR count). The SMILES string of the molecule is CC(COC(=O)N1CCCC(=O)CC1)N(Cc1ccccc1)Cc1ccccc1. The highest BCUT2D eigenvalue weighted by Crippen LogP contribution is 2.15. The molecule has 2 aromatic rings. The number of carbonyl (C=O) groups is 2. The van der Waals surface area contributed by atoms with E-state index in [2.05, 4.69) is 36.1 Å².